The van der Waals surface area contributed by atoms with Gasteiger partial charge in [0.25, 0.3) is 0 Å². The van der Waals surface area contributed by atoms with E-state index < -0.39 is 0 Å². The number of nitrogens with one attached hydrogen (secondary N) is 1. The van der Waals surface area contributed by atoms with Crippen LogP contribution in [-0.2, 0) is 4.79 Å². The van der Waals surface area contributed by atoms with Gasteiger partial charge in [-0.05, 0) is 12.8 Å². The zero-order chi connectivity index (χ0) is 10.7. The average Bonchev–Trinajstić information content (AvgIpc) is 2.29. The lowest BCUT2D eigenvalue weighted by atomic mass is 9.84. The van der Waals surface area contributed by atoms with E-state index in [4.69, 9.17) is 5.26 Å². The number of carbonyl (C=O) groups excluding carboxylic acids is 1. The Morgan fingerprint density at radius 1 is 1.40 bits per heavy atom. The van der Waals surface area contributed by atoms with Gasteiger partial charge in [0.15, 0.2) is 0 Å². The summed E-state index contributed by atoms with van der Waals surface area (Å²) >= 11 is 0. The summed E-state index contributed by atoms with van der Waals surface area (Å²) in [4.78, 5) is 13.5. The molecule has 15 heavy (non-hydrogen) atoms. The molecule has 2 fully saturated rings. The van der Waals surface area contributed by atoms with E-state index in [1.807, 2.05) is 0 Å². The van der Waals surface area contributed by atoms with Crippen molar-refractivity contribution in [2.24, 2.45) is 5.92 Å². The minimum atomic E-state index is 0.100. The molecule has 1 heterocycles. The molecule has 0 radical (unpaired) electrons. The molecule has 4 heteroatoms. The molecule has 0 aromatic rings. The van der Waals surface area contributed by atoms with Crippen LogP contribution in [0.1, 0.15) is 25.7 Å². The van der Waals surface area contributed by atoms with Crippen LogP contribution in [0.3, 0.4) is 0 Å². The van der Waals surface area contributed by atoms with Crippen molar-refractivity contribution in [3.63, 3.8) is 0 Å². The van der Waals surface area contributed by atoms with Crippen molar-refractivity contribution in [2.45, 2.75) is 31.7 Å². The molecule has 1 saturated carbocycles. The quantitative estimate of drug-likeness (QED) is 0.681. The highest BCUT2D eigenvalue weighted by Crippen LogP contribution is 2.28. The number of carbonyl (C=O) groups is 1. The normalized spacial score (nSPS) is 33.1. The van der Waals surface area contributed by atoms with E-state index in [1.165, 1.54) is 6.42 Å². The van der Waals surface area contributed by atoms with Crippen molar-refractivity contribution < 1.29 is 4.79 Å². The van der Waals surface area contributed by atoms with Crippen LogP contribution >= 0.6 is 0 Å². The highest BCUT2D eigenvalue weighted by molar-refractivity contribution is 5.78. The largest absolute Gasteiger partial charge is 0.354 e. The van der Waals surface area contributed by atoms with Crippen LogP contribution in [0.4, 0.5) is 0 Å². The topological polar surface area (TPSA) is 56.1 Å². The Hall–Kier alpha value is -1.08. The molecular weight excluding hydrogens is 190 g/mol. The minimum absolute atomic E-state index is 0.100. The van der Waals surface area contributed by atoms with Gasteiger partial charge in [0, 0.05) is 19.1 Å². The lowest BCUT2D eigenvalue weighted by molar-refractivity contribution is -0.125. The molecule has 0 aromatic carbocycles. The highest BCUT2D eigenvalue weighted by Gasteiger charge is 2.32. The van der Waals surface area contributed by atoms with Gasteiger partial charge in [0.1, 0.15) is 0 Å². The summed E-state index contributed by atoms with van der Waals surface area (Å²) in [6.45, 7) is 2.10. The zero-order valence-electron chi connectivity index (χ0n) is 8.91. The van der Waals surface area contributed by atoms with Gasteiger partial charge in [-0.15, -0.1) is 0 Å². The third kappa shape index (κ3) is 2.29. The second-order valence-electron chi connectivity index (χ2n) is 4.41. The van der Waals surface area contributed by atoms with Gasteiger partial charge in [-0.3, -0.25) is 9.69 Å². The number of hydrogen-bond donors (Lipinski definition) is 1. The molecule has 1 aliphatic carbocycles. The molecule has 2 aliphatic rings. The van der Waals surface area contributed by atoms with Crippen molar-refractivity contribution in [3.05, 3.63) is 0 Å². The fourth-order valence-electron chi connectivity index (χ4n) is 2.64. The fraction of sp³-hybridized carbons (Fsp3) is 0.818. The summed E-state index contributed by atoms with van der Waals surface area (Å²) in [5.41, 5.74) is 0. The monoisotopic (exact) mass is 207 g/mol. The Morgan fingerprint density at radius 2 is 2.20 bits per heavy atom. The van der Waals surface area contributed by atoms with Gasteiger partial charge in [-0.25, -0.2) is 0 Å². The molecular formula is C11H17N3O. The molecule has 2 unspecified atom stereocenters. The lowest BCUT2D eigenvalue weighted by Crippen LogP contribution is -2.54. The Balaban J connectivity index is 2.00. The summed E-state index contributed by atoms with van der Waals surface area (Å²) in [5, 5.41) is 11.9. The van der Waals surface area contributed by atoms with Crippen molar-refractivity contribution in [3.8, 4) is 6.07 Å². The van der Waals surface area contributed by atoms with E-state index in [0.29, 0.717) is 12.6 Å². The maximum Gasteiger partial charge on any atom is 0.234 e. The molecule has 0 aromatic heterocycles. The first-order chi connectivity index (χ1) is 7.31. The van der Waals surface area contributed by atoms with Gasteiger partial charge in [0.2, 0.25) is 5.91 Å². The highest BCUT2D eigenvalue weighted by atomic mass is 16.2. The van der Waals surface area contributed by atoms with Gasteiger partial charge >= 0.3 is 0 Å². The minimum Gasteiger partial charge on any atom is -0.354 e. The van der Waals surface area contributed by atoms with Gasteiger partial charge in [-0.2, -0.15) is 5.26 Å². The van der Waals surface area contributed by atoms with E-state index in [-0.39, 0.29) is 11.8 Å². The third-order valence-electron chi connectivity index (χ3n) is 3.43. The van der Waals surface area contributed by atoms with Gasteiger partial charge in [-0.1, -0.05) is 12.8 Å². The van der Waals surface area contributed by atoms with Crippen LogP contribution in [0.2, 0.25) is 0 Å². The SMILES string of the molecule is N#CC1CCCCC1N1CCNC(=O)C1. The van der Waals surface area contributed by atoms with Gasteiger partial charge < -0.3 is 5.32 Å². The van der Waals surface area contributed by atoms with E-state index in [0.717, 1.165) is 32.4 Å². The van der Waals surface area contributed by atoms with Crippen LogP contribution in [-0.4, -0.2) is 36.5 Å². The predicted octanol–water partition coefficient (Wildman–Crippen LogP) is 0.501. The van der Waals surface area contributed by atoms with Crippen molar-refractivity contribution in [1.29, 1.82) is 5.26 Å². The Morgan fingerprint density at radius 3 is 2.93 bits per heavy atom. The van der Waals surface area contributed by atoms with Crippen LogP contribution < -0.4 is 5.32 Å². The lowest BCUT2D eigenvalue weighted by Gasteiger charge is -2.38. The number of piperazine rings is 1. The van der Waals surface area contributed by atoms with E-state index in [2.05, 4.69) is 16.3 Å². The summed E-state index contributed by atoms with van der Waals surface area (Å²) in [6, 6.07) is 2.71. The first kappa shape index (κ1) is 10.4. The maximum atomic E-state index is 11.3. The van der Waals surface area contributed by atoms with Crippen LogP contribution in [0, 0.1) is 17.2 Å². The fourth-order valence-corrected chi connectivity index (χ4v) is 2.64. The second-order valence-corrected chi connectivity index (χ2v) is 4.41. The molecule has 1 saturated heterocycles. The molecule has 2 rings (SSSR count). The third-order valence-corrected chi connectivity index (χ3v) is 3.43. The molecule has 4 nitrogen and oxygen atoms in total. The number of nitrogens with zero attached hydrogens (tertiary/aromatic N) is 2. The van der Waals surface area contributed by atoms with E-state index in [1.54, 1.807) is 0 Å². The Bertz CT molecular complexity index is 284. The van der Waals surface area contributed by atoms with Gasteiger partial charge in [0.05, 0.1) is 18.5 Å². The molecule has 0 spiro atoms. The molecule has 1 aliphatic heterocycles. The van der Waals surface area contributed by atoms with Crippen molar-refractivity contribution >= 4 is 5.91 Å². The number of hydrogen-bond acceptors (Lipinski definition) is 3. The Labute approximate surface area is 90.2 Å². The smallest absolute Gasteiger partial charge is 0.234 e. The summed E-state index contributed by atoms with van der Waals surface area (Å²) < 4.78 is 0. The Kier molecular flexibility index (Phi) is 3.22. The summed E-state index contributed by atoms with van der Waals surface area (Å²) in [6.07, 6.45) is 4.43. The molecule has 1 N–H and O–H groups in total. The predicted molar refractivity (Wildman–Crippen MR) is 55.9 cm³/mol. The average molecular weight is 207 g/mol. The maximum absolute atomic E-state index is 11.3. The first-order valence-corrected chi connectivity index (χ1v) is 5.71. The van der Waals surface area contributed by atoms with E-state index in [9.17, 15) is 4.79 Å². The van der Waals surface area contributed by atoms with Crippen molar-refractivity contribution in [2.75, 3.05) is 19.6 Å². The molecule has 82 valence electrons. The van der Waals surface area contributed by atoms with Crippen LogP contribution in [0.25, 0.3) is 0 Å². The number of nitriles is 1. The summed E-state index contributed by atoms with van der Waals surface area (Å²) in [7, 11) is 0. The number of rotatable bonds is 1. The standard InChI is InChI=1S/C11H17N3O/c12-7-9-3-1-2-4-10(9)14-6-5-13-11(15)8-14/h9-10H,1-6,8H2,(H,13,15). The molecule has 0 bridgehead atoms. The van der Waals surface area contributed by atoms with Crippen LogP contribution in [0.15, 0.2) is 0 Å². The second kappa shape index (κ2) is 4.63. The first-order valence-electron chi connectivity index (χ1n) is 5.71. The van der Waals surface area contributed by atoms with Crippen molar-refractivity contribution in [1.82, 2.24) is 10.2 Å². The zero-order valence-corrected chi connectivity index (χ0v) is 8.91. The summed E-state index contributed by atoms with van der Waals surface area (Å²) in [5.74, 6) is 0.230. The number of amides is 1. The van der Waals surface area contributed by atoms with E-state index >= 15 is 0 Å². The van der Waals surface area contributed by atoms with Crippen LogP contribution in [0.5, 0.6) is 0 Å². The molecule has 2 atom stereocenters. The molecule has 1 amide bonds.